The number of hydrogen-bond donors (Lipinski definition) is 0. The Kier molecular flexibility index (Phi) is 21.2. The Morgan fingerprint density at radius 3 is 1.16 bits per heavy atom. The summed E-state index contributed by atoms with van der Waals surface area (Å²) in [6.45, 7) is 11.4. The van der Waals surface area contributed by atoms with Gasteiger partial charge >= 0.3 is 11.9 Å². The zero-order valence-corrected chi connectivity index (χ0v) is 20.3. The van der Waals surface area contributed by atoms with Crippen molar-refractivity contribution in [3.8, 4) is 0 Å². The average molecular weight is 447 g/mol. The maximum Gasteiger partial charge on any atom is 0.308 e. The van der Waals surface area contributed by atoms with Gasteiger partial charge in [0, 0.05) is 0 Å². The maximum absolute atomic E-state index is 11.9. The van der Waals surface area contributed by atoms with E-state index in [9.17, 15) is 9.59 Å². The number of carbonyl (C=O) groups is 2. The van der Waals surface area contributed by atoms with Gasteiger partial charge in [-0.25, -0.2) is 0 Å². The highest BCUT2D eigenvalue weighted by molar-refractivity contribution is 5.72. The van der Waals surface area contributed by atoms with Crippen molar-refractivity contribution in [1.29, 1.82) is 0 Å². The molecule has 0 unspecified atom stereocenters. The molecule has 7 nitrogen and oxygen atoms in total. The van der Waals surface area contributed by atoms with Crippen LogP contribution in [0.4, 0.5) is 0 Å². The molecule has 0 aliphatic carbocycles. The number of carbonyl (C=O) groups excluding carboxylic acids is 2. The highest BCUT2D eigenvalue weighted by atomic mass is 16.6. The molecule has 31 heavy (non-hydrogen) atoms. The largest absolute Gasteiger partial charge is 0.463 e. The lowest BCUT2D eigenvalue weighted by Crippen LogP contribution is -2.20. The minimum Gasteiger partial charge on any atom is -0.463 e. The molecule has 0 saturated carbocycles. The molecule has 0 fully saturated rings. The molecule has 184 valence electrons. The SMILES string of the molecule is CCCC[C@@H](CC)C(=O)OCCOCCOCCOCCOC(=O)[C@@H](CC)CCCC. The predicted molar refractivity (Wildman–Crippen MR) is 121 cm³/mol. The third-order valence-electron chi connectivity index (χ3n) is 5.15. The van der Waals surface area contributed by atoms with E-state index >= 15 is 0 Å². The Labute approximate surface area is 189 Å². The Hall–Kier alpha value is -1.18. The summed E-state index contributed by atoms with van der Waals surface area (Å²) >= 11 is 0. The van der Waals surface area contributed by atoms with Gasteiger partial charge in [0.05, 0.1) is 51.5 Å². The molecular weight excluding hydrogens is 400 g/mol. The fourth-order valence-electron chi connectivity index (χ4n) is 3.06. The second kappa shape index (κ2) is 22.0. The Morgan fingerprint density at radius 1 is 0.548 bits per heavy atom. The quantitative estimate of drug-likeness (QED) is 0.178. The average Bonchev–Trinajstić information content (AvgIpc) is 2.77. The second-order valence-electron chi connectivity index (χ2n) is 7.67. The van der Waals surface area contributed by atoms with Crippen molar-refractivity contribution in [3.63, 3.8) is 0 Å². The van der Waals surface area contributed by atoms with Crippen LogP contribution >= 0.6 is 0 Å². The van der Waals surface area contributed by atoms with Crippen LogP contribution in [0.25, 0.3) is 0 Å². The first-order valence-electron chi connectivity index (χ1n) is 12.2. The van der Waals surface area contributed by atoms with Crippen molar-refractivity contribution < 1.29 is 33.3 Å². The molecule has 2 atom stereocenters. The van der Waals surface area contributed by atoms with Crippen LogP contribution in [0.15, 0.2) is 0 Å². The standard InChI is InChI=1S/C24H46O7/c1-5-9-11-21(7-3)23(25)30-19-17-28-15-13-27-14-16-29-18-20-31-24(26)22(8-4)12-10-6-2/h21-22H,5-20H2,1-4H3/t21-,22+. The van der Waals surface area contributed by atoms with Crippen LogP contribution < -0.4 is 0 Å². The van der Waals surface area contributed by atoms with E-state index < -0.39 is 0 Å². The minimum atomic E-state index is -0.121. The van der Waals surface area contributed by atoms with Crippen LogP contribution in [-0.4, -0.2) is 64.8 Å². The fraction of sp³-hybridized carbons (Fsp3) is 0.917. The van der Waals surface area contributed by atoms with Gasteiger partial charge < -0.3 is 23.7 Å². The summed E-state index contributed by atoms with van der Waals surface area (Å²) in [6.07, 6.45) is 7.69. The van der Waals surface area contributed by atoms with Crippen LogP contribution in [0.1, 0.15) is 79.1 Å². The first-order valence-corrected chi connectivity index (χ1v) is 12.2. The van der Waals surface area contributed by atoms with E-state index in [1.165, 1.54) is 0 Å². The lowest BCUT2D eigenvalue weighted by molar-refractivity contribution is -0.151. The second-order valence-corrected chi connectivity index (χ2v) is 7.67. The molecule has 0 aromatic rings. The summed E-state index contributed by atoms with van der Waals surface area (Å²) in [5.74, 6) is -0.239. The van der Waals surface area contributed by atoms with Gasteiger partial charge in [-0.15, -0.1) is 0 Å². The molecule has 0 aromatic heterocycles. The van der Waals surface area contributed by atoms with E-state index in [1.807, 2.05) is 13.8 Å². The lowest BCUT2D eigenvalue weighted by atomic mass is 10.00. The molecule has 0 radical (unpaired) electrons. The van der Waals surface area contributed by atoms with Gasteiger partial charge in [-0.05, 0) is 25.7 Å². The summed E-state index contributed by atoms with van der Waals surface area (Å²) in [7, 11) is 0. The zero-order chi connectivity index (χ0) is 23.2. The molecule has 7 heteroatoms. The molecule has 0 aromatic carbocycles. The molecule has 0 spiro atoms. The minimum absolute atomic E-state index is 0.000865. The van der Waals surface area contributed by atoms with E-state index in [4.69, 9.17) is 23.7 Å². The lowest BCUT2D eigenvalue weighted by Gasteiger charge is -2.14. The van der Waals surface area contributed by atoms with E-state index in [1.54, 1.807) is 0 Å². The predicted octanol–water partition coefficient (Wildman–Crippen LogP) is 4.56. The van der Waals surface area contributed by atoms with Gasteiger partial charge in [0.15, 0.2) is 0 Å². The molecule has 0 rings (SSSR count). The number of esters is 2. The number of hydrogen-bond acceptors (Lipinski definition) is 7. The highest BCUT2D eigenvalue weighted by Crippen LogP contribution is 2.15. The van der Waals surface area contributed by atoms with Crippen LogP contribution in [0.5, 0.6) is 0 Å². The van der Waals surface area contributed by atoms with Gasteiger partial charge in [0.2, 0.25) is 0 Å². The van der Waals surface area contributed by atoms with Crippen molar-refractivity contribution >= 4 is 11.9 Å². The third-order valence-corrected chi connectivity index (χ3v) is 5.15. The summed E-state index contributed by atoms with van der Waals surface area (Å²) in [5, 5.41) is 0. The molecule has 0 amide bonds. The van der Waals surface area contributed by atoms with Gasteiger partial charge in [-0.1, -0.05) is 53.4 Å². The molecular formula is C24H46O7. The normalized spacial score (nSPS) is 13.0. The molecule has 0 saturated heterocycles. The van der Waals surface area contributed by atoms with Gasteiger partial charge in [0.25, 0.3) is 0 Å². The number of ether oxygens (including phenoxy) is 5. The highest BCUT2D eigenvalue weighted by Gasteiger charge is 2.17. The molecule has 0 bridgehead atoms. The molecule has 0 heterocycles. The first kappa shape index (κ1) is 29.8. The Morgan fingerprint density at radius 2 is 0.871 bits per heavy atom. The van der Waals surface area contributed by atoms with E-state index in [0.29, 0.717) is 39.6 Å². The van der Waals surface area contributed by atoms with E-state index in [-0.39, 0.29) is 37.0 Å². The fourth-order valence-corrected chi connectivity index (χ4v) is 3.06. The van der Waals surface area contributed by atoms with Gasteiger partial charge in [0.1, 0.15) is 13.2 Å². The molecule has 0 aliphatic heterocycles. The Bertz CT molecular complexity index is 390. The topological polar surface area (TPSA) is 80.3 Å². The van der Waals surface area contributed by atoms with Crippen LogP contribution in [0.2, 0.25) is 0 Å². The maximum atomic E-state index is 11.9. The summed E-state index contributed by atoms with van der Waals surface area (Å²) < 4.78 is 26.8. The van der Waals surface area contributed by atoms with E-state index in [2.05, 4.69) is 13.8 Å². The smallest absolute Gasteiger partial charge is 0.308 e. The molecule has 0 N–H and O–H groups in total. The summed E-state index contributed by atoms with van der Waals surface area (Å²) in [5.41, 5.74) is 0. The Balaban J connectivity index is 3.47. The summed E-state index contributed by atoms with van der Waals surface area (Å²) in [4.78, 5) is 23.9. The van der Waals surface area contributed by atoms with Crippen LogP contribution in [0.3, 0.4) is 0 Å². The van der Waals surface area contributed by atoms with Gasteiger partial charge in [-0.3, -0.25) is 9.59 Å². The summed E-state index contributed by atoms with van der Waals surface area (Å²) in [6, 6.07) is 0. The van der Waals surface area contributed by atoms with Gasteiger partial charge in [-0.2, -0.15) is 0 Å². The molecule has 0 aliphatic rings. The van der Waals surface area contributed by atoms with Crippen molar-refractivity contribution in [1.82, 2.24) is 0 Å². The third kappa shape index (κ3) is 17.1. The van der Waals surface area contributed by atoms with Crippen molar-refractivity contribution in [3.05, 3.63) is 0 Å². The van der Waals surface area contributed by atoms with E-state index in [0.717, 1.165) is 51.4 Å². The van der Waals surface area contributed by atoms with Crippen molar-refractivity contribution in [2.24, 2.45) is 11.8 Å². The zero-order valence-electron chi connectivity index (χ0n) is 20.3. The van der Waals surface area contributed by atoms with Crippen molar-refractivity contribution in [2.45, 2.75) is 79.1 Å². The van der Waals surface area contributed by atoms with Crippen LogP contribution in [-0.2, 0) is 33.3 Å². The first-order chi connectivity index (χ1) is 15.1. The van der Waals surface area contributed by atoms with Crippen molar-refractivity contribution in [2.75, 3.05) is 52.9 Å². The monoisotopic (exact) mass is 446 g/mol. The van der Waals surface area contributed by atoms with Crippen LogP contribution in [0, 0.1) is 11.8 Å². The number of unbranched alkanes of at least 4 members (excludes halogenated alkanes) is 2. The number of rotatable bonds is 22.